The van der Waals surface area contributed by atoms with Crippen molar-refractivity contribution < 1.29 is 13.2 Å². The van der Waals surface area contributed by atoms with Crippen LogP contribution in [0.3, 0.4) is 0 Å². The topological polar surface area (TPSA) is 67.4 Å². The molecule has 0 amide bonds. The van der Waals surface area contributed by atoms with Gasteiger partial charge in [-0.15, -0.1) is 0 Å². The number of aryl methyl sites for hydroxylation is 2. The highest BCUT2D eigenvalue weighted by Gasteiger charge is 2.16. The zero-order chi connectivity index (χ0) is 17.9. The molecule has 0 spiro atoms. The van der Waals surface area contributed by atoms with Crippen LogP contribution in [0, 0.1) is 13.8 Å². The molecule has 134 valence electrons. The summed E-state index contributed by atoms with van der Waals surface area (Å²) in [5.74, 6) is 0. The summed E-state index contributed by atoms with van der Waals surface area (Å²) < 4.78 is 33.2. The van der Waals surface area contributed by atoms with Crippen LogP contribution in [0.15, 0.2) is 47.4 Å². The van der Waals surface area contributed by atoms with E-state index < -0.39 is 10.0 Å². The molecule has 0 radical (unpaired) electrons. The van der Waals surface area contributed by atoms with Gasteiger partial charge in [0.15, 0.2) is 0 Å². The van der Waals surface area contributed by atoms with Gasteiger partial charge in [0.1, 0.15) is 0 Å². The maximum Gasteiger partial charge on any atom is 0.261 e. The summed E-state index contributed by atoms with van der Waals surface area (Å²) in [5, 5.41) is 3.32. The number of benzene rings is 2. The van der Waals surface area contributed by atoms with Crippen molar-refractivity contribution in [3.63, 3.8) is 0 Å². The maximum absolute atomic E-state index is 12.5. The van der Waals surface area contributed by atoms with Crippen molar-refractivity contribution in [3.05, 3.63) is 53.6 Å². The monoisotopic (exact) mass is 360 g/mol. The number of hydrogen-bond donors (Lipinski definition) is 2. The van der Waals surface area contributed by atoms with Crippen LogP contribution in [-0.4, -0.2) is 27.7 Å². The Labute approximate surface area is 149 Å². The van der Waals surface area contributed by atoms with Gasteiger partial charge in [-0.2, -0.15) is 0 Å². The lowest BCUT2D eigenvalue weighted by atomic mass is 10.1. The normalized spacial score (nSPS) is 17.4. The van der Waals surface area contributed by atoms with E-state index in [2.05, 4.69) is 10.0 Å². The first-order valence-corrected chi connectivity index (χ1v) is 9.98. The van der Waals surface area contributed by atoms with Crippen LogP contribution >= 0.6 is 0 Å². The molecule has 1 unspecified atom stereocenters. The molecule has 3 rings (SSSR count). The molecule has 0 aliphatic carbocycles. The minimum Gasteiger partial charge on any atom is -0.382 e. The van der Waals surface area contributed by atoms with E-state index in [0.717, 1.165) is 42.8 Å². The number of ether oxygens (including phenoxy) is 1. The van der Waals surface area contributed by atoms with Crippen LogP contribution in [0.25, 0.3) is 0 Å². The summed E-state index contributed by atoms with van der Waals surface area (Å²) in [4.78, 5) is 0.274. The van der Waals surface area contributed by atoms with Crippen molar-refractivity contribution in [1.29, 1.82) is 0 Å². The standard InChI is InChI=1S/C19H24N2O3S/c1-14-5-10-19(12-15(14)2)25(22,23)21-17-8-6-16(7-9-17)20-13-18-4-3-11-24-18/h5-10,12,18,20-21H,3-4,11,13H2,1-2H3. The Morgan fingerprint density at radius 2 is 1.76 bits per heavy atom. The molecule has 2 aromatic carbocycles. The Kier molecular flexibility index (Phi) is 5.30. The number of sulfonamides is 1. The first-order chi connectivity index (χ1) is 11.9. The van der Waals surface area contributed by atoms with Gasteiger partial charge < -0.3 is 10.1 Å². The molecular formula is C19H24N2O3S. The highest BCUT2D eigenvalue weighted by Crippen LogP contribution is 2.21. The molecular weight excluding hydrogens is 336 g/mol. The molecule has 1 atom stereocenters. The fourth-order valence-electron chi connectivity index (χ4n) is 2.79. The Bertz CT molecular complexity index is 826. The zero-order valence-corrected chi connectivity index (χ0v) is 15.4. The van der Waals surface area contributed by atoms with E-state index in [0.29, 0.717) is 5.69 Å². The van der Waals surface area contributed by atoms with E-state index in [9.17, 15) is 8.42 Å². The second-order valence-electron chi connectivity index (χ2n) is 6.44. The highest BCUT2D eigenvalue weighted by molar-refractivity contribution is 7.92. The van der Waals surface area contributed by atoms with Crippen LogP contribution in [0.1, 0.15) is 24.0 Å². The highest BCUT2D eigenvalue weighted by atomic mass is 32.2. The molecule has 1 aliphatic rings. The molecule has 6 heteroatoms. The Morgan fingerprint density at radius 1 is 1.04 bits per heavy atom. The molecule has 1 aliphatic heterocycles. The van der Waals surface area contributed by atoms with Crippen LogP contribution < -0.4 is 10.0 Å². The number of hydrogen-bond acceptors (Lipinski definition) is 4. The Morgan fingerprint density at radius 3 is 2.40 bits per heavy atom. The minimum absolute atomic E-state index is 0.267. The van der Waals surface area contributed by atoms with Crippen molar-refractivity contribution in [2.24, 2.45) is 0 Å². The van der Waals surface area contributed by atoms with Gasteiger partial charge >= 0.3 is 0 Å². The minimum atomic E-state index is -3.58. The summed E-state index contributed by atoms with van der Waals surface area (Å²) in [5.41, 5.74) is 3.52. The van der Waals surface area contributed by atoms with E-state index in [1.54, 1.807) is 24.3 Å². The van der Waals surface area contributed by atoms with Gasteiger partial charge in [0.2, 0.25) is 0 Å². The van der Waals surface area contributed by atoms with Crippen LogP contribution in [0.2, 0.25) is 0 Å². The predicted octanol–water partition coefficient (Wildman–Crippen LogP) is 3.70. The van der Waals surface area contributed by atoms with Crippen molar-refractivity contribution >= 4 is 21.4 Å². The summed E-state index contributed by atoms with van der Waals surface area (Å²) in [6, 6.07) is 12.4. The van der Waals surface area contributed by atoms with Crippen LogP contribution in [0.5, 0.6) is 0 Å². The molecule has 1 fully saturated rings. The first-order valence-electron chi connectivity index (χ1n) is 8.50. The van der Waals surface area contributed by atoms with Crippen LogP contribution in [0.4, 0.5) is 11.4 Å². The third-order valence-electron chi connectivity index (χ3n) is 4.48. The molecule has 25 heavy (non-hydrogen) atoms. The average molecular weight is 360 g/mol. The first kappa shape index (κ1) is 17.8. The van der Waals surface area contributed by atoms with Gasteiger partial charge in [-0.05, 0) is 74.2 Å². The van der Waals surface area contributed by atoms with Gasteiger partial charge in [0, 0.05) is 24.5 Å². The fourth-order valence-corrected chi connectivity index (χ4v) is 3.93. The summed E-state index contributed by atoms with van der Waals surface area (Å²) in [7, 11) is -3.58. The second kappa shape index (κ2) is 7.45. The Balaban J connectivity index is 1.64. The lowest BCUT2D eigenvalue weighted by Crippen LogP contribution is -2.18. The van der Waals surface area contributed by atoms with Crippen molar-refractivity contribution in [1.82, 2.24) is 0 Å². The maximum atomic E-state index is 12.5. The zero-order valence-electron chi connectivity index (χ0n) is 14.6. The van der Waals surface area contributed by atoms with Crippen molar-refractivity contribution in [2.75, 3.05) is 23.2 Å². The third-order valence-corrected chi connectivity index (χ3v) is 5.86. The molecule has 1 heterocycles. The predicted molar refractivity (Wildman–Crippen MR) is 101 cm³/mol. The van der Waals surface area contributed by atoms with Gasteiger partial charge in [0.05, 0.1) is 11.0 Å². The number of rotatable bonds is 6. The van der Waals surface area contributed by atoms with E-state index >= 15 is 0 Å². The molecule has 0 bridgehead atoms. The fraction of sp³-hybridized carbons (Fsp3) is 0.368. The van der Waals surface area contributed by atoms with Crippen LogP contribution in [-0.2, 0) is 14.8 Å². The average Bonchev–Trinajstić information content (AvgIpc) is 3.10. The molecule has 1 saturated heterocycles. The number of anilines is 2. The molecule has 2 N–H and O–H groups in total. The van der Waals surface area contributed by atoms with Gasteiger partial charge in [-0.3, -0.25) is 4.72 Å². The smallest absolute Gasteiger partial charge is 0.261 e. The molecule has 0 saturated carbocycles. The quantitative estimate of drug-likeness (QED) is 0.824. The lowest BCUT2D eigenvalue weighted by molar-refractivity contribution is 0.120. The molecule has 2 aromatic rings. The van der Waals surface area contributed by atoms with E-state index in [1.165, 1.54) is 0 Å². The van der Waals surface area contributed by atoms with Gasteiger partial charge in [-0.25, -0.2) is 8.42 Å². The van der Waals surface area contributed by atoms with Gasteiger partial charge in [0.25, 0.3) is 10.0 Å². The van der Waals surface area contributed by atoms with E-state index in [4.69, 9.17) is 4.74 Å². The summed E-state index contributed by atoms with van der Waals surface area (Å²) in [6.07, 6.45) is 2.47. The lowest BCUT2D eigenvalue weighted by Gasteiger charge is -2.13. The summed E-state index contributed by atoms with van der Waals surface area (Å²) in [6.45, 7) is 5.48. The van der Waals surface area contributed by atoms with Gasteiger partial charge in [-0.1, -0.05) is 6.07 Å². The number of nitrogens with one attached hydrogen (secondary N) is 2. The van der Waals surface area contributed by atoms with Crippen molar-refractivity contribution in [2.45, 2.75) is 37.7 Å². The molecule has 0 aromatic heterocycles. The largest absolute Gasteiger partial charge is 0.382 e. The second-order valence-corrected chi connectivity index (χ2v) is 8.13. The van der Waals surface area contributed by atoms with E-state index in [1.807, 2.05) is 32.0 Å². The third kappa shape index (κ3) is 4.52. The van der Waals surface area contributed by atoms with Crippen molar-refractivity contribution in [3.8, 4) is 0 Å². The molecule has 5 nitrogen and oxygen atoms in total. The summed E-state index contributed by atoms with van der Waals surface area (Å²) >= 11 is 0. The SMILES string of the molecule is Cc1ccc(S(=O)(=O)Nc2ccc(NCC3CCCO3)cc2)cc1C. The van der Waals surface area contributed by atoms with E-state index in [-0.39, 0.29) is 11.0 Å². The Hall–Kier alpha value is -2.05.